The molecule has 82 heavy (non-hydrogen) atoms. The molecule has 0 aromatic heterocycles. The first-order valence-corrected chi connectivity index (χ1v) is 26.8. The average Bonchev–Trinajstić information content (AvgIpc) is 3.54. The molecule has 16 nitrogen and oxygen atoms in total. The second kappa shape index (κ2) is 26.1. The second-order valence-corrected chi connectivity index (χ2v) is 20.1. The number of amides is 6. The molecule has 414 valence electrons. The number of urea groups is 3. The number of carbonyl (C=O) groups is 4. The van der Waals surface area contributed by atoms with Gasteiger partial charge >= 0.3 is 30.2 Å². The van der Waals surface area contributed by atoms with Crippen molar-refractivity contribution >= 4 is 111 Å². The summed E-state index contributed by atoms with van der Waals surface area (Å²) in [6.45, 7) is 0. The summed E-state index contributed by atoms with van der Waals surface area (Å²) in [5.74, 6) is -1.48. The number of halogens is 4. The van der Waals surface area contributed by atoms with Crippen molar-refractivity contribution in [2.75, 3.05) is 36.6 Å². The summed E-state index contributed by atoms with van der Waals surface area (Å²) in [6, 6.07) is 60.0. The van der Waals surface area contributed by atoms with Gasteiger partial charge in [0.15, 0.2) is 0 Å². The first kappa shape index (κ1) is 57.8. The molecule has 0 fully saturated rings. The van der Waals surface area contributed by atoms with E-state index in [2.05, 4.69) is 52.6 Å². The number of alkyl halides is 3. The molecule has 0 saturated carbocycles. The highest BCUT2D eigenvalue weighted by atomic mass is 79.9. The zero-order valence-electron chi connectivity index (χ0n) is 42.6. The van der Waals surface area contributed by atoms with Gasteiger partial charge in [-0.15, -0.1) is 0 Å². The van der Waals surface area contributed by atoms with Gasteiger partial charge in [-0.2, -0.15) is 13.2 Å². The zero-order chi connectivity index (χ0) is 58.4. The number of carbonyl (C=O) groups excluding carboxylic acids is 3. The van der Waals surface area contributed by atoms with Crippen LogP contribution in [0, 0.1) is 0 Å². The van der Waals surface area contributed by atoms with Crippen molar-refractivity contribution in [2.24, 2.45) is 0 Å². The highest BCUT2D eigenvalue weighted by Crippen LogP contribution is 2.34. The largest absolute Gasteiger partial charge is 0.506 e. The number of hydrogen-bond acceptors (Lipinski definition) is 8. The number of phenols is 2. The SMILES string of the molecule is O=C(Nc1ccc(-c2ccccc2)cc1)Nc1cc2ccccc2cc1O.O=C(Nc1cccc(C(F)(F)F)c1)Nc1cc2ccccc2cc1O.O=C(Nc1ccccc1Br)Nc1ccccc1NS(=O)(=O)c1ccccc1C(=O)O. The fourth-order valence-electron chi connectivity index (χ4n) is 7.97. The number of benzene rings is 10. The van der Waals surface area contributed by atoms with E-state index in [0.29, 0.717) is 21.5 Å². The van der Waals surface area contributed by atoms with E-state index < -0.39 is 45.8 Å². The van der Waals surface area contributed by atoms with Crippen LogP contribution in [0.4, 0.5) is 67.4 Å². The molecule has 0 bridgehead atoms. The second-order valence-electron chi connectivity index (χ2n) is 17.6. The number of anilines is 7. The Hall–Kier alpha value is -10.4. The molecule has 0 aliphatic carbocycles. The van der Waals surface area contributed by atoms with Crippen molar-refractivity contribution in [1.82, 2.24) is 0 Å². The maximum absolute atomic E-state index is 12.8. The number of hydrogen-bond donors (Lipinski definition) is 10. The number of aromatic carboxylic acids is 1. The van der Waals surface area contributed by atoms with Crippen LogP contribution in [0.1, 0.15) is 15.9 Å². The van der Waals surface area contributed by atoms with Gasteiger partial charge in [0, 0.05) is 15.8 Å². The summed E-state index contributed by atoms with van der Waals surface area (Å²) in [4.78, 5) is 47.7. The van der Waals surface area contributed by atoms with Crippen LogP contribution >= 0.6 is 15.9 Å². The third-order valence-electron chi connectivity index (χ3n) is 11.9. The van der Waals surface area contributed by atoms with Gasteiger partial charge < -0.3 is 47.2 Å². The van der Waals surface area contributed by atoms with Crippen molar-refractivity contribution in [1.29, 1.82) is 0 Å². The van der Waals surface area contributed by atoms with Gasteiger partial charge in [0.1, 0.15) is 16.4 Å². The number of carboxylic acid groups (broad SMARTS) is 1. The van der Waals surface area contributed by atoms with Crippen molar-refractivity contribution in [3.8, 4) is 22.6 Å². The van der Waals surface area contributed by atoms with Crippen LogP contribution < -0.4 is 36.6 Å². The van der Waals surface area contributed by atoms with E-state index in [9.17, 15) is 56.1 Å². The van der Waals surface area contributed by atoms with Gasteiger partial charge in [0.2, 0.25) is 0 Å². The zero-order valence-corrected chi connectivity index (χ0v) is 45.0. The minimum Gasteiger partial charge on any atom is -0.506 e. The number of nitrogens with one attached hydrogen (secondary N) is 7. The fourth-order valence-corrected chi connectivity index (χ4v) is 9.64. The third-order valence-corrected chi connectivity index (χ3v) is 14.0. The molecule has 10 N–H and O–H groups in total. The standard InChI is InChI=1S/C23H18N2O2.C20H16BrN3O5S.C18H13F3N2O2/c26-22-15-19-9-5-4-8-18(19)14-21(22)25-23(27)24-20-12-10-17(11-13-20)16-6-2-1-3-7-16;21-14-8-2-3-9-15(14)22-20(27)23-16-10-4-5-11-17(16)24-30(28,29)18-12-6-1-7-13(18)19(25)26;19-18(20,21)13-6-3-7-14(10-13)22-17(25)23-15-8-11-4-1-2-5-12(11)9-16(15)24/h1-15,26H,(H2,24,25,27);1-12,24H,(H,25,26)(H2,22,23,27);1-10,24H,(H2,22,23,25). The summed E-state index contributed by atoms with van der Waals surface area (Å²) in [5.41, 5.74) is 2.97. The maximum atomic E-state index is 12.8. The Morgan fingerprint density at radius 3 is 1.41 bits per heavy atom. The summed E-state index contributed by atoms with van der Waals surface area (Å²) >= 11 is 3.33. The van der Waals surface area contributed by atoms with Crippen molar-refractivity contribution in [3.05, 3.63) is 240 Å². The van der Waals surface area contributed by atoms with Gasteiger partial charge in [-0.3, -0.25) is 4.72 Å². The molecule has 0 heterocycles. The van der Waals surface area contributed by atoms with Gasteiger partial charge in [0.05, 0.1) is 39.6 Å². The van der Waals surface area contributed by atoms with Crippen LogP contribution in [-0.4, -0.2) is 47.8 Å². The highest BCUT2D eigenvalue weighted by Gasteiger charge is 2.30. The highest BCUT2D eigenvalue weighted by molar-refractivity contribution is 9.10. The van der Waals surface area contributed by atoms with Crippen molar-refractivity contribution in [3.63, 3.8) is 0 Å². The topological polar surface area (TPSA) is 247 Å². The predicted molar refractivity (Wildman–Crippen MR) is 317 cm³/mol. The van der Waals surface area contributed by atoms with Crippen LogP contribution in [0.15, 0.2) is 234 Å². The molecule has 6 amide bonds. The molecule has 10 aromatic carbocycles. The van der Waals surface area contributed by atoms with Crippen molar-refractivity contribution in [2.45, 2.75) is 11.1 Å². The summed E-state index contributed by atoms with van der Waals surface area (Å²) in [7, 11) is -4.22. The van der Waals surface area contributed by atoms with Gasteiger partial charge in [0.25, 0.3) is 10.0 Å². The van der Waals surface area contributed by atoms with E-state index in [1.807, 2.05) is 103 Å². The van der Waals surface area contributed by atoms with Gasteiger partial charge in [-0.05, 0) is 140 Å². The average molecular weight is 1190 g/mol. The lowest BCUT2D eigenvalue weighted by atomic mass is 10.1. The van der Waals surface area contributed by atoms with Crippen LogP contribution in [0.2, 0.25) is 0 Å². The molecule has 0 aliphatic heterocycles. The Labute approximate surface area is 475 Å². The Balaban J connectivity index is 0.000000162. The molecule has 0 unspecified atom stereocenters. The normalized spacial score (nSPS) is 10.9. The summed E-state index contributed by atoms with van der Waals surface area (Å²) in [5, 5.41) is 48.3. The first-order valence-electron chi connectivity index (χ1n) is 24.5. The lowest BCUT2D eigenvalue weighted by molar-refractivity contribution is -0.137. The van der Waals surface area contributed by atoms with E-state index in [-0.39, 0.29) is 44.7 Å². The quantitative estimate of drug-likeness (QED) is 0.0553. The fraction of sp³-hybridized carbons (Fsp3) is 0.0164. The molecule has 10 aromatic rings. The molecule has 0 radical (unpaired) electrons. The number of phenolic OH excluding ortho intramolecular Hbond substituents is 2. The maximum Gasteiger partial charge on any atom is 0.416 e. The minimum absolute atomic E-state index is 0.00685. The summed E-state index contributed by atoms with van der Waals surface area (Å²) < 4.78 is 66.7. The van der Waals surface area contributed by atoms with Crippen LogP contribution in [0.25, 0.3) is 32.7 Å². The summed E-state index contributed by atoms with van der Waals surface area (Å²) in [6.07, 6.45) is -4.50. The first-order chi connectivity index (χ1) is 39.3. The Morgan fingerprint density at radius 2 is 0.854 bits per heavy atom. The minimum atomic E-state index is -4.50. The van der Waals surface area contributed by atoms with E-state index in [4.69, 9.17) is 0 Å². The van der Waals surface area contributed by atoms with Crippen molar-refractivity contribution < 1.29 is 56.1 Å². The predicted octanol–water partition coefficient (Wildman–Crippen LogP) is 15.7. The molecule has 21 heteroatoms. The lowest BCUT2D eigenvalue weighted by Crippen LogP contribution is -2.22. The molecule has 0 atom stereocenters. The number of sulfonamides is 1. The van der Waals surface area contributed by atoms with E-state index in [1.165, 1.54) is 54.6 Å². The lowest BCUT2D eigenvalue weighted by Gasteiger charge is -2.15. The van der Waals surface area contributed by atoms with Gasteiger partial charge in [-0.25, -0.2) is 27.6 Å². The monoisotopic (exact) mass is 1190 g/mol. The molecule has 0 aliphatic rings. The Kier molecular flexibility index (Phi) is 18.4. The van der Waals surface area contributed by atoms with E-state index >= 15 is 0 Å². The van der Waals surface area contributed by atoms with E-state index in [1.54, 1.807) is 54.6 Å². The smallest absolute Gasteiger partial charge is 0.416 e. The Bertz CT molecular complexity index is 4080. The van der Waals surface area contributed by atoms with Gasteiger partial charge in [-0.1, -0.05) is 133 Å². The number of carboxylic acids is 1. The number of fused-ring (bicyclic) bond motifs is 2. The van der Waals surface area contributed by atoms with E-state index in [0.717, 1.165) is 44.8 Å². The third kappa shape index (κ3) is 15.5. The van der Waals surface area contributed by atoms with Crippen LogP contribution in [-0.2, 0) is 16.2 Å². The molecular formula is C61H47BrF3N7O9S. The number of rotatable bonds is 11. The number of para-hydroxylation sites is 3. The Morgan fingerprint density at radius 1 is 0.415 bits per heavy atom. The van der Waals surface area contributed by atoms with Crippen LogP contribution in [0.5, 0.6) is 11.5 Å². The molecule has 0 saturated heterocycles. The molecular weight excluding hydrogens is 1140 g/mol. The number of aromatic hydroxyl groups is 2. The van der Waals surface area contributed by atoms with Crippen LogP contribution in [0.3, 0.4) is 0 Å². The molecule has 0 spiro atoms. The molecule has 10 rings (SSSR count).